The van der Waals surface area contributed by atoms with Crippen molar-refractivity contribution in [3.05, 3.63) is 35.4 Å². The van der Waals surface area contributed by atoms with Crippen LogP contribution in [0.5, 0.6) is 0 Å². The highest BCUT2D eigenvalue weighted by atomic mass is 16.3. The van der Waals surface area contributed by atoms with Gasteiger partial charge in [-0.05, 0) is 12.0 Å². The SMILES string of the molecule is CC(=O)NCCC(O)C(O)c1ccccc1C(=O)CC#N. The maximum Gasteiger partial charge on any atom is 0.216 e. The van der Waals surface area contributed by atoms with Crippen molar-refractivity contribution in [3.8, 4) is 6.07 Å². The molecule has 0 bridgehead atoms. The first kappa shape index (κ1) is 16.8. The van der Waals surface area contributed by atoms with E-state index in [0.717, 1.165) is 0 Å². The van der Waals surface area contributed by atoms with Crippen LogP contribution in [0.4, 0.5) is 0 Å². The highest BCUT2D eigenvalue weighted by Gasteiger charge is 2.23. The fraction of sp³-hybridized carbons (Fsp3) is 0.400. The average molecular weight is 290 g/mol. The van der Waals surface area contributed by atoms with Gasteiger partial charge in [-0.2, -0.15) is 5.26 Å². The van der Waals surface area contributed by atoms with Crippen molar-refractivity contribution in [1.82, 2.24) is 5.32 Å². The lowest BCUT2D eigenvalue weighted by Gasteiger charge is -2.20. The first-order valence-corrected chi connectivity index (χ1v) is 6.57. The molecule has 21 heavy (non-hydrogen) atoms. The number of rotatable bonds is 7. The lowest BCUT2D eigenvalue weighted by atomic mass is 9.94. The molecule has 2 unspecified atom stereocenters. The normalized spacial score (nSPS) is 13.0. The Bertz CT molecular complexity index is 551. The zero-order valence-corrected chi connectivity index (χ0v) is 11.7. The van der Waals surface area contributed by atoms with Gasteiger partial charge in [0, 0.05) is 19.0 Å². The molecule has 6 nitrogen and oxygen atoms in total. The third-order valence-corrected chi connectivity index (χ3v) is 3.00. The molecule has 0 spiro atoms. The van der Waals surface area contributed by atoms with Gasteiger partial charge in [0.25, 0.3) is 0 Å². The van der Waals surface area contributed by atoms with Crippen molar-refractivity contribution < 1.29 is 19.8 Å². The third-order valence-electron chi connectivity index (χ3n) is 3.00. The predicted octanol–water partition coefficient (Wildman–Crippen LogP) is 0.703. The van der Waals surface area contributed by atoms with Gasteiger partial charge in [-0.3, -0.25) is 9.59 Å². The molecule has 6 heteroatoms. The van der Waals surface area contributed by atoms with Gasteiger partial charge in [-0.25, -0.2) is 0 Å². The number of aliphatic hydroxyl groups excluding tert-OH is 2. The summed E-state index contributed by atoms with van der Waals surface area (Å²) in [5.74, 6) is -0.623. The van der Waals surface area contributed by atoms with Crippen LogP contribution >= 0.6 is 0 Å². The number of ketones is 1. The van der Waals surface area contributed by atoms with E-state index in [1.165, 1.54) is 19.1 Å². The molecule has 0 fully saturated rings. The molecule has 0 aliphatic carbocycles. The predicted molar refractivity (Wildman–Crippen MR) is 75.3 cm³/mol. The molecule has 0 heterocycles. The molecule has 0 radical (unpaired) electrons. The number of nitrogens with one attached hydrogen (secondary N) is 1. The van der Waals surface area contributed by atoms with Crippen LogP contribution in [0.3, 0.4) is 0 Å². The smallest absolute Gasteiger partial charge is 0.216 e. The molecule has 0 aliphatic heterocycles. The Balaban J connectivity index is 2.82. The molecule has 0 saturated carbocycles. The van der Waals surface area contributed by atoms with E-state index in [4.69, 9.17) is 5.26 Å². The highest BCUT2D eigenvalue weighted by Crippen LogP contribution is 2.23. The molecule has 1 rings (SSSR count). The molecular weight excluding hydrogens is 272 g/mol. The third kappa shape index (κ3) is 4.99. The van der Waals surface area contributed by atoms with Crippen molar-refractivity contribution in [2.45, 2.75) is 32.0 Å². The monoisotopic (exact) mass is 290 g/mol. The number of hydrogen-bond acceptors (Lipinski definition) is 5. The Morgan fingerprint density at radius 2 is 2.00 bits per heavy atom. The van der Waals surface area contributed by atoms with Crippen molar-refractivity contribution in [3.63, 3.8) is 0 Å². The van der Waals surface area contributed by atoms with Crippen LogP contribution in [0.1, 0.15) is 41.8 Å². The van der Waals surface area contributed by atoms with E-state index < -0.39 is 18.0 Å². The van der Waals surface area contributed by atoms with Gasteiger partial charge in [0.15, 0.2) is 5.78 Å². The minimum absolute atomic E-state index is 0.154. The minimum Gasteiger partial charge on any atom is -0.390 e. The number of aliphatic hydroxyl groups is 2. The van der Waals surface area contributed by atoms with E-state index in [0.29, 0.717) is 0 Å². The number of nitrogens with zero attached hydrogens (tertiary/aromatic N) is 1. The molecule has 2 atom stereocenters. The van der Waals surface area contributed by atoms with Crippen molar-refractivity contribution in [1.29, 1.82) is 5.26 Å². The number of carbonyl (C=O) groups excluding carboxylic acids is 2. The molecule has 0 saturated heterocycles. The van der Waals surface area contributed by atoms with Gasteiger partial charge >= 0.3 is 0 Å². The van der Waals surface area contributed by atoms with Crippen LogP contribution in [0.25, 0.3) is 0 Å². The Morgan fingerprint density at radius 3 is 2.62 bits per heavy atom. The van der Waals surface area contributed by atoms with Crippen LogP contribution in [-0.2, 0) is 4.79 Å². The molecule has 1 amide bonds. The summed E-state index contributed by atoms with van der Waals surface area (Å²) in [4.78, 5) is 22.6. The van der Waals surface area contributed by atoms with Crippen molar-refractivity contribution in [2.24, 2.45) is 0 Å². The van der Waals surface area contributed by atoms with Gasteiger partial charge in [0.1, 0.15) is 6.10 Å². The summed E-state index contributed by atoms with van der Waals surface area (Å²) >= 11 is 0. The topological polar surface area (TPSA) is 110 Å². The Kier molecular flexibility index (Phi) is 6.53. The van der Waals surface area contributed by atoms with Gasteiger partial charge in [0.05, 0.1) is 18.6 Å². The van der Waals surface area contributed by atoms with Crippen LogP contribution in [0.2, 0.25) is 0 Å². The van der Waals surface area contributed by atoms with Crippen LogP contribution in [-0.4, -0.2) is 34.6 Å². The lowest BCUT2D eigenvalue weighted by Crippen LogP contribution is -2.28. The average Bonchev–Trinajstić information content (AvgIpc) is 2.46. The molecule has 0 aliphatic rings. The second kappa shape index (κ2) is 8.15. The van der Waals surface area contributed by atoms with Crippen LogP contribution in [0.15, 0.2) is 24.3 Å². The number of benzene rings is 1. The van der Waals surface area contributed by atoms with E-state index in [1.54, 1.807) is 18.2 Å². The number of hydrogen-bond donors (Lipinski definition) is 3. The van der Waals surface area contributed by atoms with E-state index in [2.05, 4.69) is 5.32 Å². The molecule has 1 aromatic rings. The fourth-order valence-electron chi connectivity index (χ4n) is 1.94. The van der Waals surface area contributed by atoms with Gasteiger partial charge < -0.3 is 15.5 Å². The molecular formula is C15H18N2O4. The summed E-state index contributed by atoms with van der Waals surface area (Å²) in [5, 5.41) is 31.2. The summed E-state index contributed by atoms with van der Waals surface area (Å²) in [6, 6.07) is 8.09. The van der Waals surface area contributed by atoms with E-state index in [1.807, 2.05) is 0 Å². The van der Waals surface area contributed by atoms with E-state index in [-0.39, 0.29) is 36.4 Å². The first-order chi connectivity index (χ1) is 9.97. The quantitative estimate of drug-likeness (QED) is 0.640. The molecule has 1 aromatic carbocycles. The summed E-state index contributed by atoms with van der Waals surface area (Å²) in [6.07, 6.45) is -2.50. The van der Waals surface area contributed by atoms with Crippen molar-refractivity contribution in [2.75, 3.05) is 6.54 Å². The van der Waals surface area contributed by atoms with E-state index >= 15 is 0 Å². The Morgan fingerprint density at radius 1 is 1.33 bits per heavy atom. The summed E-state index contributed by atoms with van der Waals surface area (Å²) in [6.45, 7) is 1.58. The zero-order chi connectivity index (χ0) is 15.8. The second-order valence-corrected chi connectivity index (χ2v) is 4.63. The second-order valence-electron chi connectivity index (χ2n) is 4.63. The molecule has 112 valence electrons. The number of amides is 1. The van der Waals surface area contributed by atoms with Gasteiger partial charge in [-0.15, -0.1) is 0 Å². The number of Topliss-reactive ketones (excluding diaryl/α,β-unsaturated/α-hetero) is 1. The number of carbonyl (C=O) groups is 2. The number of nitriles is 1. The summed E-state index contributed by atoms with van der Waals surface area (Å²) in [5.41, 5.74) is 0.512. The maximum absolute atomic E-state index is 11.8. The first-order valence-electron chi connectivity index (χ1n) is 6.57. The minimum atomic E-state index is -1.25. The van der Waals surface area contributed by atoms with Crippen molar-refractivity contribution >= 4 is 11.7 Å². The standard InChI is InChI=1S/C15H18N2O4/c1-10(18)17-9-7-14(20)15(21)12-5-3-2-4-11(12)13(19)6-8-16/h2-5,14-15,20-21H,6-7,9H2,1H3,(H,17,18). The maximum atomic E-state index is 11.8. The Labute approximate surface area is 123 Å². The largest absolute Gasteiger partial charge is 0.390 e. The van der Waals surface area contributed by atoms with Gasteiger partial charge in [0.2, 0.25) is 5.91 Å². The summed E-state index contributed by atoms with van der Waals surface area (Å²) in [7, 11) is 0. The highest BCUT2D eigenvalue weighted by molar-refractivity contribution is 5.98. The van der Waals surface area contributed by atoms with E-state index in [9.17, 15) is 19.8 Å². The zero-order valence-electron chi connectivity index (χ0n) is 11.7. The summed E-state index contributed by atoms with van der Waals surface area (Å²) < 4.78 is 0. The lowest BCUT2D eigenvalue weighted by molar-refractivity contribution is -0.119. The van der Waals surface area contributed by atoms with Crippen LogP contribution < -0.4 is 5.32 Å². The van der Waals surface area contributed by atoms with Crippen LogP contribution in [0, 0.1) is 11.3 Å². The molecule has 3 N–H and O–H groups in total. The van der Waals surface area contributed by atoms with Gasteiger partial charge in [-0.1, -0.05) is 24.3 Å². The Hall–Kier alpha value is -2.23. The fourth-order valence-corrected chi connectivity index (χ4v) is 1.94. The molecule has 0 aromatic heterocycles.